The standard InChI is InChI=1S/C15H32N3O2P/c1-11(2)17(12(3)4)21(19,20-15(9)10-16)18(13(5)6)14(7)8/h11-15H,1-9H3. The first-order valence-corrected chi connectivity index (χ1v) is 9.27. The van der Waals surface area contributed by atoms with Crippen LogP contribution in [0.4, 0.5) is 0 Å². The second-order valence-corrected chi connectivity index (χ2v) is 8.62. The zero-order chi connectivity index (χ0) is 17.0. The predicted octanol–water partition coefficient (Wildman–Crippen LogP) is 4.26. The van der Waals surface area contributed by atoms with Crippen molar-refractivity contribution in [3.8, 4) is 6.07 Å². The van der Waals surface area contributed by atoms with E-state index < -0.39 is 13.8 Å². The van der Waals surface area contributed by atoms with Crippen LogP contribution in [0.1, 0.15) is 62.3 Å². The van der Waals surface area contributed by atoms with Crippen molar-refractivity contribution in [3.05, 3.63) is 0 Å². The lowest BCUT2D eigenvalue weighted by atomic mass is 10.3. The molecule has 1 atom stereocenters. The highest BCUT2D eigenvalue weighted by Crippen LogP contribution is 2.59. The zero-order valence-corrected chi connectivity index (χ0v) is 15.9. The van der Waals surface area contributed by atoms with Gasteiger partial charge in [0.2, 0.25) is 0 Å². The molecule has 0 heterocycles. The molecule has 124 valence electrons. The van der Waals surface area contributed by atoms with Gasteiger partial charge in [-0.2, -0.15) is 5.26 Å². The molecule has 0 aliphatic carbocycles. The minimum absolute atomic E-state index is 0.0572. The van der Waals surface area contributed by atoms with E-state index >= 15 is 0 Å². The molecule has 0 aromatic carbocycles. The van der Waals surface area contributed by atoms with E-state index in [0.717, 1.165) is 0 Å². The monoisotopic (exact) mass is 317 g/mol. The van der Waals surface area contributed by atoms with E-state index in [1.54, 1.807) is 6.92 Å². The van der Waals surface area contributed by atoms with E-state index in [2.05, 4.69) is 0 Å². The average Bonchev–Trinajstić information content (AvgIpc) is 2.25. The van der Waals surface area contributed by atoms with Gasteiger partial charge in [-0.3, -0.25) is 9.09 Å². The van der Waals surface area contributed by atoms with Crippen LogP contribution in [-0.4, -0.2) is 39.6 Å². The van der Waals surface area contributed by atoms with Gasteiger partial charge in [0.1, 0.15) is 0 Å². The van der Waals surface area contributed by atoms with E-state index in [4.69, 9.17) is 9.79 Å². The molecule has 0 aromatic rings. The summed E-state index contributed by atoms with van der Waals surface area (Å²) in [5, 5.41) is 9.08. The molecule has 0 saturated heterocycles. The molecule has 0 aromatic heterocycles. The minimum atomic E-state index is -3.29. The number of hydrogen-bond donors (Lipinski definition) is 0. The highest BCUT2D eigenvalue weighted by Gasteiger charge is 2.45. The third kappa shape index (κ3) is 5.07. The summed E-state index contributed by atoms with van der Waals surface area (Å²) in [5.41, 5.74) is 0. The Morgan fingerprint density at radius 2 is 1.10 bits per heavy atom. The van der Waals surface area contributed by atoms with Crippen molar-refractivity contribution in [2.24, 2.45) is 0 Å². The molecule has 0 amide bonds. The highest BCUT2D eigenvalue weighted by molar-refractivity contribution is 7.54. The van der Waals surface area contributed by atoms with Gasteiger partial charge in [0.25, 0.3) is 0 Å². The van der Waals surface area contributed by atoms with Gasteiger partial charge < -0.3 is 0 Å². The molecule has 5 nitrogen and oxygen atoms in total. The van der Waals surface area contributed by atoms with Crippen molar-refractivity contribution < 1.29 is 9.09 Å². The lowest BCUT2D eigenvalue weighted by molar-refractivity contribution is 0.135. The lowest BCUT2D eigenvalue weighted by Crippen LogP contribution is -2.46. The second-order valence-electron chi connectivity index (χ2n) is 6.50. The van der Waals surface area contributed by atoms with Crippen LogP contribution in [0.5, 0.6) is 0 Å². The molecule has 0 N–H and O–H groups in total. The molecular formula is C15H32N3O2P. The quantitative estimate of drug-likeness (QED) is 0.626. The first kappa shape index (κ1) is 20.6. The Labute approximate surface area is 130 Å². The van der Waals surface area contributed by atoms with Gasteiger partial charge in [0.05, 0.1) is 6.07 Å². The van der Waals surface area contributed by atoms with Crippen LogP contribution in [0.15, 0.2) is 0 Å². The third-order valence-electron chi connectivity index (χ3n) is 3.18. The van der Waals surface area contributed by atoms with E-state index in [1.807, 2.05) is 70.8 Å². The Morgan fingerprint density at radius 1 is 0.810 bits per heavy atom. The number of nitriles is 1. The minimum Gasteiger partial charge on any atom is -0.287 e. The summed E-state index contributed by atoms with van der Waals surface area (Å²) in [6, 6.07) is 2.27. The summed E-state index contributed by atoms with van der Waals surface area (Å²) in [5.74, 6) is 0. The lowest BCUT2D eigenvalue weighted by Gasteiger charge is -2.45. The summed E-state index contributed by atoms with van der Waals surface area (Å²) in [6.07, 6.45) is -0.712. The van der Waals surface area contributed by atoms with Gasteiger partial charge in [-0.1, -0.05) is 0 Å². The molecule has 1 unspecified atom stereocenters. The van der Waals surface area contributed by atoms with Gasteiger partial charge in [-0.25, -0.2) is 9.34 Å². The Morgan fingerprint density at radius 3 is 1.29 bits per heavy atom. The fourth-order valence-electron chi connectivity index (χ4n) is 2.82. The fraction of sp³-hybridized carbons (Fsp3) is 0.933. The Kier molecular flexibility index (Phi) is 8.13. The molecule has 0 radical (unpaired) electrons. The van der Waals surface area contributed by atoms with E-state index in [-0.39, 0.29) is 24.2 Å². The molecule has 0 rings (SSSR count). The average molecular weight is 317 g/mol. The predicted molar refractivity (Wildman–Crippen MR) is 88.0 cm³/mol. The summed E-state index contributed by atoms with van der Waals surface area (Å²) >= 11 is 0. The van der Waals surface area contributed by atoms with Crippen molar-refractivity contribution in [3.63, 3.8) is 0 Å². The molecule has 6 heteroatoms. The highest BCUT2D eigenvalue weighted by atomic mass is 31.2. The molecular weight excluding hydrogens is 285 g/mol. The molecule has 0 saturated carbocycles. The number of hydrogen-bond acceptors (Lipinski definition) is 3. The van der Waals surface area contributed by atoms with Crippen LogP contribution in [0.2, 0.25) is 0 Å². The van der Waals surface area contributed by atoms with E-state index in [9.17, 15) is 4.57 Å². The number of nitrogens with zero attached hydrogens (tertiary/aromatic N) is 3. The normalized spacial score (nSPS) is 14.8. The first-order valence-electron chi connectivity index (χ1n) is 7.74. The van der Waals surface area contributed by atoms with Crippen LogP contribution in [0, 0.1) is 11.3 Å². The van der Waals surface area contributed by atoms with Crippen LogP contribution in [-0.2, 0) is 9.09 Å². The van der Waals surface area contributed by atoms with Crippen molar-refractivity contribution in [1.82, 2.24) is 9.34 Å². The second kappa shape index (κ2) is 8.29. The Hall–Kier alpha value is -0.400. The summed E-state index contributed by atoms with van der Waals surface area (Å²) in [7, 11) is -3.29. The van der Waals surface area contributed by atoms with Gasteiger partial charge >= 0.3 is 7.67 Å². The maximum Gasteiger partial charge on any atom is 0.348 e. The maximum atomic E-state index is 13.8. The largest absolute Gasteiger partial charge is 0.348 e. The molecule has 0 spiro atoms. The van der Waals surface area contributed by atoms with E-state index in [0.29, 0.717) is 0 Å². The van der Waals surface area contributed by atoms with Crippen LogP contribution in [0.3, 0.4) is 0 Å². The Bertz CT molecular complexity index is 362. The number of rotatable bonds is 8. The van der Waals surface area contributed by atoms with Gasteiger partial charge in [0.15, 0.2) is 6.10 Å². The fourth-order valence-corrected chi connectivity index (χ4v) is 6.07. The summed E-state index contributed by atoms with van der Waals surface area (Å²) < 4.78 is 23.4. The van der Waals surface area contributed by atoms with E-state index in [1.165, 1.54) is 0 Å². The maximum absolute atomic E-state index is 13.8. The first-order chi connectivity index (χ1) is 9.48. The van der Waals surface area contributed by atoms with Gasteiger partial charge in [-0.05, 0) is 62.3 Å². The van der Waals surface area contributed by atoms with Crippen LogP contribution >= 0.6 is 7.67 Å². The van der Waals surface area contributed by atoms with Crippen molar-refractivity contribution in [2.45, 2.75) is 92.6 Å². The summed E-state index contributed by atoms with van der Waals surface area (Å²) in [4.78, 5) is 0. The zero-order valence-electron chi connectivity index (χ0n) is 15.0. The van der Waals surface area contributed by atoms with Crippen molar-refractivity contribution in [1.29, 1.82) is 5.26 Å². The Balaban J connectivity index is 5.98. The molecule has 0 aliphatic heterocycles. The molecule has 0 aliphatic rings. The molecule has 21 heavy (non-hydrogen) atoms. The van der Waals surface area contributed by atoms with Gasteiger partial charge in [-0.15, -0.1) is 0 Å². The van der Waals surface area contributed by atoms with Crippen molar-refractivity contribution >= 4 is 7.67 Å². The topological polar surface area (TPSA) is 56.6 Å². The van der Waals surface area contributed by atoms with Gasteiger partial charge in [0, 0.05) is 24.2 Å². The van der Waals surface area contributed by atoms with Crippen LogP contribution in [0.25, 0.3) is 0 Å². The molecule has 0 fully saturated rings. The van der Waals surface area contributed by atoms with Crippen LogP contribution < -0.4 is 0 Å². The smallest absolute Gasteiger partial charge is 0.287 e. The summed E-state index contributed by atoms with van der Waals surface area (Å²) in [6.45, 7) is 17.7. The SMILES string of the molecule is CC(C#N)OP(=O)(N(C(C)C)C(C)C)N(C(C)C)C(C)C. The van der Waals surface area contributed by atoms with Crippen molar-refractivity contribution in [2.75, 3.05) is 0 Å². The molecule has 0 bridgehead atoms. The third-order valence-corrected chi connectivity index (χ3v) is 6.78.